The highest BCUT2D eigenvalue weighted by molar-refractivity contribution is 5.92. The number of piperidine rings is 1. The Bertz CT molecular complexity index is 942. The second-order valence-corrected chi connectivity index (χ2v) is 9.06. The first-order chi connectivity index (χ1) is 14.6. The Morgan fingerprint density at radius 3 is 2.23 bits per heavy atom. The van der Waals surface area contributed by atoms with Crippen LogP contribution in [0.4, 0.5) is 0 Å². The largest absolute Gasteiger partial charge is 0.354 e. The molecule has 6 nitrogen and oxygen atoms in total. The molecule has 1 aliphatic heterocycles. The van der Waals surface area contributed by atoms with Crippen LogP contribution in [-0.4, -0.2) is 46.8 Å². The highest BCUT2D eigenvalue weighted by Crippen LogP contribution is 2.66. The number of likely N-dealkylation sites (tertiary alicyclic amines) is 1. The molecule has 0 radical (unpaired) electrons. The molecule has 3 aliphatic rings. The number of nitrogens with one attached hydrogen (secondary N) is 1. The fraction of sp³-hybridized carbons (Fsp3) is 0.500. The summed E-state index contributed by atoms with van der Waals surface area (Å²) in [4.78, 5) is 35.4. The van der Waals surface area contributed by atoms with E-state index in [1.165, 1.54) is 19.3 Å². The topological polar surface area (TPSA) is 75.2 Å². The summed E-state index contributed by atoms with van der Waals surface area (Å²) in [5, 5.41) is 2.58. The first-order valence-corrected chi connectivity index (χ1v) is 11.0. The average Bonchev–Trinajstić information content (AvgIpc) is 3.55. The maximum Gasteiger partial charge on any atom is 0.269 e. The number of rotatable bonds is 4. The quantitative estimate of drug-likeness (QED) is 0.847. The van der Waals surface area contributed by atoms with Crippen LogP contribution in [0.25, 0.3) is 11.1 Å². The number of hydrogen-bond acceptors (Lipinski definition) is 4. The molecular formula is C24H28N4O2. The van der Waals surface area contributed by atoms with Gasteiger partial charge in [0.15, 0.2) is 0 Å². The van der Waals surface area contributed by atoms with Gasteiger partial charge in [0.05, 0.1) is 0 Å². The highest BCUT2D eigenvalue weighted by atomic mass is 16.2. The predicted molar refractivity (Wildman–Crippen MR) is 114 cm³/mol. The summed E-state index contributed by atoms with van der Waals surface area (Å²) in [6.45, 7) is 1.70. The first kappa shape index (κ1) is 19.2. The van der Waals surface area contributed by atoms with Gasteiger partial charge in [-0.1, -0.05) is 18.6 Å². The third-order valence-electron chi connectivity index (χ3n) is 7.40. The van der Waals surface area contributed by atoms with E-state index < -0.39 is 0 Å². The summed E-state index contributed by atoms with van der Waals surface area (Å²) in [6.07, 6.45) is 10.5. The Kier molecular flexibility index (Phi) is 4.80. The summed E-state index contributed by atoms with van der Waals surface area (Å²) < 4.78 is 0. The molecule has 156 valence electrons. The summed E-state index contributed by atoms with van der Waals surface area (Å²) in [5.74, 6) is 0.950. The van der Waals surface area contributed by atoms with Crippen molar-refractivity contribution in [1.82, 2.24) is 20.2 Å². The van der Waals surface area contributed by atoms with Gasteiger partial charge in [0.1, 0.15) is 5.69 Å². The second kappa shape index (κ2) is 7.49. The maximum absolute atomic E-state index is 12.8. The second-order valence-electron chi connectivity index (χ2n) is 9.06. The lowest BCUT2D eigenvalue weighted by Crippen LogP contribution is -2.40. The number of carbonyl (C=O) groups is 2. The number of nitrogens with zero attached hydrogens (tertiary/aromatic N) is 3. The van der Waals surface area contributed by atoms with Gasteiger partial charge >= 0.3 is 0 Å². The molecule has 2 aliphatic carbocycles. The lowest BCUT2D eigenvalue weighted by atomic mass is 9.79. The molecule has 6 heteroatoms. The van der Waals surface area contributed by atoms with Crippen LogP contribution < -0.4 is 5.32 Å². The lowest BCUT2D eigenvalue weighted by Gasteiger charge is -2.34. The third-order valence-corrected chi connectivity index (χ3v) is 7.40. The number of aromatic nitrogens is 2. The van der Waals surface area contributed by atoms with E-state index in [2.05, 4.69) is 27.3 Å². The zero-order valence-electron chi connectivity index (χ0n) is 17.4. The average molecular weight is 405 g/mol. The van der Waals surface area contributed by atoms with Gasteiger partial charge in [0.2, 0.25) is 5.91 Å². The van der Waals surface area contributed by atoms with Crippen molar-refractivity contribution in [1.29, 1.82) is 0 Å². The van der Waals surface area contributed by atoms with E-state index in [1.54, 1.807) is 19.3 Å². The molecule has 3 heterocycles. The van der Waals surface area contributed by atoms with Crippen molar-refractivity contribution in [3.8, 4) is 11.1 Å². The predicted octanol–water partition coefficient (Wildman–Crippen LogP) is 3.40. The van der Waals surface area contributed by atoms with Crippen molar-refractivity contribution >= 4 is 11.8 Å². The van der Waals surface area contributed by atoms with Gasteiger partial charge in [-0.25, -0.2) is 0 Å². The van der Waals surface area contributed by atoms with Gasteiger partial charge in [0.25, 0.3) is 5.91 Å². The summed E-state index contributed by atoms with van der Waals surface area (Å²) in [5.41, 5.74) is 3.85. The smallest absolute Gasteiger partial charge is 0.269 e. The molecule has 2 aromatic heterocycles. The van der Waals surface area contributed by atoms with Gasteiger partial charge in [0, 0.05) is 61.2 Å². The van der Waals surface area contributed by atoms with Crippen LogP contribution in [0.1, 0.15) is 60.6 Å². The Hall–Kier alpha value is -2.76. The Morgan fingerprint density at radius 2 is 1.73 bits per heavy atom. The van der Waals surface area contributed by atoms with E-state index in [4.69, 9.17) is 4.98 Å². The van der Waals surface area contributed by atoms with E-state index in [0.29, 0.717) is 28.9 Å². The molecule has 30 heavy (non-hydrogen) atoms. The van der Waals surface area contributed by atoms with E-state index in [9.17, 15) is 9.59 Å². The van der Waals surface area contributed by atoms with Gasteiger partial charge < -0.3 is 10.2 Å². The van der Waals surface area contributed by atoms with Crippen LogP contribution in [0.3, 0.4) is 0 Å². The molecule has 2 aromatic rings. The van der Waals surface area contributed by atoms with Crippen molar-refractivity contribution in [2.24, 2.45) is 11.3 Å². The van der Waals surface area contributed by atoms with Crippen molar-refractivity contribution in [2.75, 3.05) is 20.1 Å². The van der Waals surface area contributed by atoms with E-state index in [1.807, 2.05) is 12.3 Å². The monoisotopic (exact) mass is 404 g/mol. The molecule has 1 spiro atoms. The van der Waals surface area contributed by atoms with Crippen molar-refractivity contribution in [3.63, 3.8) is 0 Å². The molecule has 0 aromatic carbocycles. The molecule has 2 amide bonds. The minimum absolute atomic E-state index is 0.190. The molecular weight excluding hydrogens is 376 g/mol. The van der Waals surface area contributed by atoms with Crippen LogP contribution in [-0.2, 0) is 4.79 Å². The molecule has 2 saturated carbocycles. The Morgan fingerprint density at radius 1 is 1.03 bits per heavy atom. The van der Waals surface area contributed by atoms with Crippen LogP contribution >= 0.6 is 0 Å². The number of carbonyl (C=O) groups excluding carboxylic acids is 2. The van der Waals surface area contributed by atoms with Gasteiger partial charge in [-0.15, -0.1) is 0 Å². The summed E-state index contributed by atoms with van der Waals surface area (Å²) >= 11 is 0. The number of pyridine rings is 2. The zero-order chi connectivity index (χ0) is 20.7. The van der Waals surface area contributed by atoms with Crippen molar-refractivity contribution in [2.45, 2.75) is 44.4 Å². The summed E-state index contributed by atoms with van der Waals surface area (Å²) in [7, 11) is 1.59. The highest BCUT2D eigenvalue weighted by Gasteiger charge is 2.61. The van der Waals surface area contributed by atoms with E-state index >= 15 is 0 Å². The van der Waals surface area contributed by atoms with Crippen LogP contribution in [0.2, 0.25) is 0 Å². The maximum atomic E-state index is 12.8. The molecule has 1 saturated heterocycles. The zero-order valence-corrected chi connectivity index (χ0v) is 17.4. The molecule has 1 N–H and O–H groups in total. The Balaban J connectivity index is 1.18. The lowest BCUT2D eigenvalue weighted by molar-refractivity contribution is -0.135. The minimum Gasteiger partial charge on any atom is -0.354 e. The van der Waals surface area contributed by atoms with E-state index in [-0.39, 0.29) is 5.91 Å². The molecule has 3 fully saturated rings. The molecule has 5 rings (SSSR count). The van der Waals surface area contributed by atoms with E-state index in [0.717, 1.165) is 49.2 Å². The standard InChI is InChI=1S/C24H28N4O2/c1-25-22(29)21-6-4-18(15-27-21)17-3-5-20(26-14-17)16-7-11-28(12-8-16)23(30)19-13-24(19)9-2-10-24/h3-6,14-16,19H,2,7-13H2,1H3,(H,25,29)/t19-/m0/s1. The fourth-order valence-corrected chi connectivity index (χ4v) is 5.14. The minimum atomic E-state index is -0.190. The SMILES string of the molecule is CNC(=O)c1ccc(-c2ccc(C3CCN(C(=O)[C@@H]4CC45CCC5)CC3)nc2)cn1. The summed E-state index contributed by atoms with van der Waals surface area (Å²) in [6, 6.07) is 7.78. The van der Waals surface area contributed by atoms with Gasteiger partial charge in [-0.05, 0) is 49.7 Å². The van der Waals surface area contributed by atoms with Crippen molar-refractivity contribution < 1.29 is 9.59 Å². The van der Waals surface area contributed by atoms with Gasteiger partial charge in [-0.3, -0.25) is 19.6 Å². The third kappa shape index (κ3) is 3.38. The number of hydrogen-bond donors (Lipinski definition) is 1. The van der Waals surface area contributed by atoms with Crippen LogP contribution in [0.5, 0.6) is 0 Å². The first-order valence-electron chi connectivity index (χ1n) is 11.0. The van der Waals surface area contributed by atoms with Crippen molar-refractivity contribution in [3.05, 3.63) is 48.0 Å². The Labute approximate surface area is 177 Å². The normalized spacial score (nSPS) is 22.4. The molecule has 0 bridgehead atoms. The molecule has 0 unspecified atom stereocenters. The fourth-order valence-electron chi connectivity index (χ4n) is 5.14. The molecule has 1 atom stereocenters. The van der Waals surface area contributed by atoms with Crippen LogP contribution in [0.15, 0.2) is 36.7 Å². The number of amides is 2. The van der Waals surface area contributed by atoms with Gasteiger partial charge in [-0.2, -0.15) is 0 Å². The van der Waals surface area contributed by atoms with Crippen LogP contribution in [0, 0.1) is 11.3 Å².